The minimum atomic E-state index is -4.21. The van der Waals surface area contributed by atoms with Gasteiger partial charge in [-0.05, 0) is 30.7 Å². The molecule has 11 nitrogen and oxygen atoms in total. The third-order valence-corrected chi connectivity index (χ3v) is 6.87. The summed E-state index contributed by atoms with van der Waals surface area (Å²) in [7, 11) is -4.21. The SMILES string of the molecule is C[C@@]1(O)[C@H](O)[C@@H](CO[P@@]2(=O)OCC[C@@H](c3cc(F)cc(F)c3)O2)O[C@H]1n1ccc(N)nc1=O. The van der Waals surface area contributed by atoms with Gasteiger partial charge < -0.3 is 20.7 Å². The largest absolute Gasteiger partial charge is 0.475 e. The lowest BCUT2D eigenvalue weighted by atomic mass is 9.96. The maximum Gasteiger partial charge on any atom is 0.475 e. The Morgan fingerprint density at radius 1 is 1.36 bits per heavy atom. The van der Waals surface area contributed by atoms with E-state index in [2.05, 4.69) is 4.98 Å². The van der Waals surface area contributed by atoms with Gasteiger partial charge in [0.15, 0.2) is 6.23 Å². The Morgan fingerprint density at radius 3 is 2.73 bits per heavy atom. The van der Waals surface area contributed by atoms with Crippen LogP contribution in [-0.2, 0) is 22.9 Å². The molecule has 0 saturated carbocycles. The Bertz CT molecular complexity index is 1130. The van der Waals surface area contributed by atoms with Crippen LogP contribution < -0.4 is 11.4 Å². The lowest BCUT2D eigenvalue weighted by Gasteiger charge is -2.30. The molecule has 3 heterocycles. The summed E-state index contributed by atoms with van der Waals surface area (Å²) in [4.78, 5) is 15.7. The summed E-state index contributed by atoms with van der Waals surface area (Å²) in [5.41, 5.74) is 2.83. The number of nitrogen functional groups attached to an aromatic ring is 1. The summed E-state index contributed by atoms with van der Waals surface area (Å²) in [5.74, 6) is -1.68. The molecule has 0 radical (unpaired) electrons. The van der Waals surface area contributed by atoms with E-state index in [0.717, 1.165) is 16.7 Å². The van der Waals surface area contributed by atoms with Crippen molar-refractivity contribution >= 4 is 13.6 Å². The average Bonchev–Trinajstić information content (AvgIpc) is 2.95. The third-order valence-electron chi connectivity index (χ3n) is 5.40. The average molecular weight is 489 g/mol. The van der Waals surface area contributed by atoms with Crippen molar-refractivity contribution < 1.29 is 41.9 Å². The van der Waals surface area contributed by atoms with E-state index in [-0.39, 0.29) is 24.4 Å². The lowest BCUT2D eigenvalue weighted by Crippen LogP contribution is -2.46. The molecule has 2 saturated heterocycles. The molecule has 2 fully saturated rings. The number of nitrogens with two attached hydrogens (primary N) is 1. The van der Waals surface area contributed by atoms with Crippen LogP contribution >= 0.6 is 7.82 Å². The number of benzene rings is 1. The lowest BCUT2D eigenvalue weighted by molar-refractivity contribution is -0.0989. The van der Waals surface area contributed by atoms with Crippen molar-refractivity contribution in [1.29, 1.82) is 0 Å². The summed E-state index contributed by atoms with van der Waals surface area (Å²) < 4.78 is 62.3. The van der Waals surface area contributed by atoms with Gasteiger partial charge in [0.05, 0.1) is 19.3 Å². The zero-order valence-electron chi connectivity index (χ0n) is 17.3. The monoisotopic (exact) mass is 489 g/mol. The van der Waals surface area contributed by atoms with Gasteiger partial charge >= 0.3 is 13.5 Å². The van der Waals surface area contributed by atoms with Gasteiger partial charge in [-0.2, -0.15) is 4.98 Å². The van der Waals surface area contributed by atoms with Gasteiger partial charge in [-0.1, -0.05) is 0 Å². The zero-order valence-corrected chi connectivity index (χ0v) is 18.2. The molecule has 1 aromatic carbocycles. The highest BCUT2D eigenvalue weighted by molar-refractivity contribution is 7.48. The van der Waals surface area contributed by atoms with Crippen LogP contribution in [0.4, 0.5) is 14.6 Å². The van der Waals surface area contributed by atoms with Gasteiger partial charge in [0.25, 0.3) is 0 Å². The van der Waals surface area contributed by atoms with Crippen LogP contribution in [0.15, 0.2) is 35.3 Å². The molecule has 0 spiro atoms. The predicted octanol–water partition coefficient (Wildman–Crippen LogP) is 1.42. The molecule has 2 aliphatic heterocycles. The Hall–Kier alpha value is -2.25. The van der Waals surface area contributed by atoms with Crippen LogP contribution in [0.3, 0.4) is 0 Å². The van der Waals surface area contributed by atoms with E-state index in [1.807, 2.05) is 0 Å². The Balaban J connectivity index is 1.46. The first-order valence-corrected chi connectivity index (χ1v) is 11.4. The van der Waals surface area contributed by atoms with Crippen LogP contribution in [0.25, 0.3) is 0 Å². The van der Waals surface area contributed by atoms with Crippen molar-refractivity contribution in [3.63, 3.8) is 0 Å². The van der Waals surface area contributed by atoms with Crippen LogP contribution in [-0.4, -0.2) is 50.8 Å². The van der Waals surface area contributed by atoms with Crippen molar-refractivity contribution in [2.24, 2.45) is 0 Å². The zero-order chi connectivity index (χ0) is 24.0. The normalized spacial score (nSPS) is 34.5. The Labute approximate surface area is 186 Å². The molecule has 0 unspecified atom stereocenters. The van der Waals surface area contributed by atoms with E-state index in [1.54, 1.807) is 0 Å². The quantitative estimate of drug-likeness (QED) is 0.525. The Kier molecular flexibility index (Phi) is 6.40. The topological polar surface area (TPSA) is 155 Å². The number of hydrogen-bond acceptors (Lipinski definition) is 10. The van der Waals surface area contributed by atoms with Crippen molar-refractivity contribution in [2.45, 2.75) is 43.5 Å². The number of aliphatic hydroxyl groups is 2. The summed E-state index contributed by atoms with van der Waals surface area (Å²) in [6.07, 6.45) is -3.69. The van der Waals surface area contributed by atoms with E-state index in [1.165, 1.54) is 19.2 Å². The number of phosphoric acid groups is 1. The number of nitrogens with zero attached hydrogens (tertiary/aromatic N) is 2. The molecule has 0 bridgehead atoms. The van der Waals surface area contributed by atoms with Gasteiger partial charge in [0, 0.05) is 18.7 Å². The number of aromatic nitrogens is 2. The highest BCUT2D eigenvalue weighted by Gasteiger charge is 2.54. The van der Waals surface area contributed by atoms with Crippen LogP contribution in [0.5, 0.6) is 0 Å². The van der Waals surface area contributed by atoms with E-state index in [4.69, 9.17) is 24.0 Å². The molecular formula is C19H22F2N3O8P. The van der Waals surface area contributed by atoms with Crippen molar-refractivity contribution in [3.8, 4) is 0 Å². The molecule has 1 aromatic heterocycles. The first-order chi connectivity index (χ1) is 15.5. The van der Waals surface area contributed by atoms with Crippen LogP contribution in [0.2, 0.25) is 0 Å². The number of phosphoric ester groups is 1. The molecule has 14 heteroatoms. The number of hydrogen-bond donors (Lipinski definition) is 3. The molecule has 0 amide bonds. The number of ether oxygens (including phenoxy) is 1. The standard InChI is InChI=1S/C19H22F2N3O8P/c1-19(27)16(25)14(31-17(19)24-4-2-15(22)23-18(24)26)9-30-33(28)29-5-3-13(32-33)10-6-11(20)8-12(21)7-10/h2,4,6-8,13-14,16-17,25,27H,3,5,9H2,1H3,(H2,22,23,26)/t13-,14+,16+,17+,19+,33+/m0/s1. The third kappa shape index (κ3) is 4.85. The van der Waals surface area contributed by atoms with Gasteiger partial charge in [0.1, 0.15) is 35.3 Å². The van der Waals surface area contributed by atoms with Gasteiger partial charge in [-0.15, -0.1) is 0 Å². The van der Waals surface area contributed by atoms with Gasteiger partial charge in [0.2, 0.25) is 0 Å². The molecule has 4 N–H and O–H groups in total. The predicted molar refractivity (Wildman–Crippen MR) is 108 cm³/mol. The van der Waals surface area contributed by atoms with E-state index in [0.29, 0.717) is 6.07 Å². The summed E-state index contributed by atoms with van der Waals surface area (Å²) >= 11 is 0. The molecular weight excluding hydrogens is 467 g/mol. The highest BCUT2D eigenvalue weighted by Crippen LogP contribution is 2.57. The highest BCUT2D eigenvalue weighted by atomic mass is 31.2. The van der Waals surface area contributed by atoms with Crippen LogP contribution in [0, 0.1) is 11.6 Å². The molecule has 33 heavy (non-hydrogen) atoms. The fourth-order valence-corrected chi connectivity index (χ4v) is 5.11. The van der Waals surface area contributed by atoms with E-state index in [9.17, 15) is 28.4 Å². The van der Waals surface area contributed by atoms with Crippen molar-refractivity contribution in [3.05, 3.63) is 58.1 Å². The summed E-state index contributed by atoms with van der Waals surface area (Å²) in [6.45, 7) is 0.614. The molecule has 4 rings (SSSR count). The maximum atomic E-state index is 13.5. The fourth-order valence-electron chi connectivity index (χ4n) is 3.71. The second-order valence-corrected chi connectivity index (χ2v) is 9.52. The van der Waals surface area contributed by atoms with Gasteiger partial charge in [-0.3, -0.25) is 18.1 Å². The molecule has 0 aliphatic carbocycles. The number of halogens is 2. The minimum absolute atomic E-state index is 0.0354. The summed E-state index contributed by atoms with van der Waals surface area (Å²) in [5, 5.41) is 21.3. The van der Waals surface area contributed by atoms with E-state index >= 15 is 0 Å². The summed E-state index contributed by atoms with van der Waals surface area (Å²) in [6, 6.07) is 4.11. The molecule has 180 valence electrons. The fraction of sp³-hybridized carbons (Fsp3) is 0.474. The second kappa shape index (κ2) is 8.84. The maximum absolute atomic E-state index is 13.5. The number of aliphatic hydroxyl groups excluding tert-OH is 1. The van der Waals surface area contributed by atoms with E-state index < -0.39 is 61.9 Å². The Morgan fingerprint density at radius 2 is 2.06 bits per heavy atom. The van der Waals surface area contributed by atoms with Gasteiger partial charge in [-0.25, -0.2) is 18.1 Å². The molecule has 2 aliphatic rings. The first-order valence-electron chi connectivity index (χ1n) is 9.92. The number of anilines is 1. The smallest absolute Gasteiger partial charge is 0.387 e. The first kappa shape index (κ1) is 23.9. The minimum Gasteiger partial charge on any atom is -0.387 e. The molecule has 2 aromatic rings. The van der Waals surface area contributed by atoms with Crippen LogP contribution in [0.1, 0.15) is 31.2 Å². The molecule has 6 atom stereocenters. The van der Waals surface area contributed by atoms with Crippen molar-refractivity contribution in [2.75, 3.05) is 18.9 Å². The van der Waals surface area contributed by atoms with Crippen molar-refractivity contribution in [1.82, 2.24) is 9.55 Å². The number of rotatable bonds is 5. The second-order valence-electron chi connectivity index (χ2n) is 7.90.